The van der Waals surface area contributed by atoms with Crippen LogP contribution >= 0.6 is 0 Å². The lowest BCUT2D eigenvalue weighted by atomic mass is 10.1. The molecule has 3 rings (SSSR count). The van der Waals surface area contributed by atoms with Crippen LogP contribution in [-0.2, 0) is 16.9 Å². The van der Waals surface area contributed by atoms with Crippen LogP contribution in [0.5, 0.6) is 0 Å². The van der Waals surface area contributed by atoms with Crippen molar-refractivity contribution in [2.24, 2.45) is 0 Å². The van der Waals surface area contributed by atoms with Gasteiger partial charge in [0.2, 0.25) is 5.91 Å². The van der Waals surface area contributed by atoms with E-state index in [9.17, 15) is 9.59 Å². The van der Waals surface area contributed by atoms with Gasteiger partial charge in [-0.05, 0) is 52.2 Å². The van der Waals surface area contributed by atoms with Crippen molar-refractivity contribution in [3.8, 4) is 0 Å². The van der Waals surface area contributed by atoms with Crippen molar-refractivity contribution in [3.05, 3.63) is 53.3 Å². The number of aromatic nitrogens is 2. The molecule has 1 saturated carbocycles. The highest BCUT2D eigenvalue weighted by atomic mass is 16.2. The lowest BCUT2D eigenvalue weighted by Crippen LogP contribution is -2.40. The second-order valence-corrected chi connectivity index (χ2v) is 8.39. The highest BCUT2D eigenvalue weighted by Gasteiger charge is 2.32. The third-order valence-corrected chi connectivity index (χ3v) is 4.95. The molecule has 0 unspecified atom stereocenters. The van der Waals surface area contributed by atoms with Crippen molar-refractivity contribution in [1.82, 2.24) is 20.0 Å². The molecule has 2 aromatic rings. The number of amides is 2. The second-order valence-electron chi connectivity index (χ2n) is 8.39. The predicted molar refractivity (Wildman–Crippen MR) is 109 cm³/mol. The number of nitrogens with zero attached hydrogens (tertiary/aromatic N) is 3. The van der Waals surface area contributed by atoms with Crippen LogP contribution in [0, 0.1) is 0 Å². The van der Waals surface area contributed by atoms with Crippen molar-refractivity contribution < 1.29 is 9.59 Å². The molecule has 0 atom stereocenters. The fraction of sp³-hybridized carbons (Fsp3) is 0.500. The van der Waals surface area contributed by atoms with Crippen LogP contribution in [0.3, 0.4) is 0 Å². The summed E-state index contributed by atoms with van der Waals surface area (Å²) in [5.41, 5.74) is 2.39. The first kappa shape index (κ1) is 20.1. The van der Waals surface area contributed by atoms with Crippen LogP contribution in [0.15, 0.2) is 36.4 Å². The summed E-state index contributed by atoms with van der Waals surface area (Å²) in [6.07, 6.45) is 2.29. The van der Waals surface area contributed by atoms with Gasteiger partial charge in [0, 0.05) is 24.7 Å². The van der Waals surface area contributed by atoms with Crippen molar-refractivity contribution >= 4 is 11.8 Å². The maximum absolute atomic E-state index is 12.6. The summed E-state index contributed by atoms with van der Waals surface area (Å²) in [5, 5.41) is 7.28. The molecule has 28 heavy (non-hydrogen) atoms. The van der Waals surface area contributed by atoms with Crippen molar-refractivity contribution in [3.63, 3.8) is 0 Å². The van der Waals surface area contributed by atoms with Gasteiger partial charge in [-0.25, -0.2) is 0 Å². The summed E-state index contributed by atoms with van der Waals surface area (Å²) in [7, 11) is 0. The lowest BCUT2D eigenvalue weighted by molar-refractivity contribution is -0.130. The van der Waals surface area contributed by atoms with E-state index in [1.165, 1.54) is 0 Å². The molecule has 150 valence electrons. The Morgan fingerprint density at radius 1 is 1.21 bits per heavy atom. The van der Waals surface area contributed by atoms with Gasteiger partial charge < -0.3 is 10.2 Å². The first-order valence-electron chi connectivity index (χ1n) is 10.00. The molecular formula is C22H30N4O2. The maximum atomic E-state index is 12.6. The number of likely N-dealkylation sites (N-methyl/N-ethyl adjacent to an activating group) is 1. The van der Waals surface area contributed by atoms with E-state index < -0.39 is 0 Å². The zero-order valence-corrected chi connectivity index (χ0v) is 17.2. The van der Waals surface area contributed by atoms with Crippen LogP contribution < -0.4 is 5.32 Å². The number of nitrogens with one attached hydrogen (secondary N) is 1. The van der Waals surface area contributed by atoms with E-state index in [1.807, 2.05) is 48.0 Å². The van der Waals surface area contributed by atoms with Gasteiger partial charge in [-0.1, -0.05) is 30.3 Å². The van der Waals surface area contributed by atoms with Crippen LogP contribution in [0.4, 0.5) is 0 Å². The minimum Gasteiger partial charge on any atom is -0.342 e. The number of hydrogen-bond acceptors (Lipinski definition) is 3. The lowest BCUT2D eigenvalue weighted by Gasteiger charge is -2.22. The molecule has 1 heterocycles. The number of rotatable bonds is 7. The number of carbonyl (C=O) groups excluding carboxylic acids is 2. The Morgan fingerprint density at radius 2 is 1.89 bits per heavy atom. The zero-order chi connectivity index (χ0) is 20.3. The summed E-state index contributed by atoms with van der Waals surface area (Å²) in [5.74, 6) is 0.0998. The molecule has 1 aliphatic rings. The maximum Gasteiger partial charge on any atom is 0.272 e. The predicted octanol–water partition coefficient (Wildman–Crippen LogP) is 3.29. The van der Waals surface area contributed by atoms with Gasteiger partial charge >= 0.3 is 0 Å². The quantitative estimate of drug-likeness (QED) is 0.799. The first-order chi connectivity index (χ1) is 13.3. The molecule has 1 fully saturated rings. The van der Waals surface area contributed by atoms with Gasteiger partial charge in [0.1, 0.15) is 5.69 Å². The van der Waals surface area contributed by atoms with Crippen LogP contribution in [-0.4, -0.2) is 39.6 Å². The van der Waals surface area contributed by atoms with Gasteiger partial charge in [-0.2, -0.15) is 5.10 Å². The molecule has 6 nitrogen and oxygen atoms in total. The van der Waals surface area contributed by atoms with Gasteiger partial charge in [0.25, 0.3) is 5.91 Å². The highest BCUT2D eigenvalue weighted by Crippen LogP contribution is 2.41. The molecule has 1 N–H and O–H groups in total. The molecule has 0 saturated heterocycles. The molecule has 1 aromatic heterocycles. The van der Waals surface area contributed by atoms with Crippen molar-refractivity contribution in [2.45, 2.75) is 58.5 Å². The molecular weight excluding hydrogens is 352 g/mol. The number of benzene rings is 1. The molecule has 2 amide bonds. The summed E-state index contributed by atoms with van der Waals surface area (Å²) in [6.45, 7) is 9.29. The van der Waals surface area contributed by atoms with Gasteiger partial charge in [0.05, 0.1) is 12.1 Å². The SMILES string of the molecule is CCN(Cc1ccccc1)C(=O)CNC(=O)c1cc(C2CC2)n(C(C)(C)C)n1. The second kappa shape index (κ2) is 8.17. The Morgan fingerprint density at radius 3 is 2.46 bits per heavy atom. The Hall–Kier alpha value is -2.63. The summed E-state index contributed by atoms with van der Waals surface area (Å²) in [4.78, 5) is 26.9. The first-order valence-corrected chi connectivity index (χ1v) is 10.00. The summed E-state index contributed by atoms with van der Waals surface area (Å²) < 4.78 is 1.95. The number of carbonyl (C=O) groups is 2. The fourth-order valence-electron chi connectivity index (χ4n) is 3.25. The minimum atomic E-state index is -0.297. The molecule has 0 bridgehead atoms. The largest absolute Gasteiger partial charge is 0.342 e. The molecule has 1 aliphatic carbocycles. The molecule has 1 aromatic carbocycles. The highest BCUT2D eigenvalue weighted by molar-refractivity contribution is 5.95. The van der Waals surface area contributed by atoms with Crippen LogP contribution in [0.25, 0.3) is 0 Å². The third kappa shape index (κ3) is 4.80. The van der Waals surface area contributed by atoms with Gasteiger partial charge in [-0.15, -0.1) is 0 Å². The van der Waals surface area contributed by atoms with Crippen molar-refractivity contribution in [2.75, 3.05) is 13.1 Å². The van der Waals surface area contributed by atoms with E-state index in [2.05, 4.69) is 31.2 Å². The average Bonchev–Trinajstić information content (AvgIpc) is 3.41. The van der Waals surface area contributed by atoms with Gasteiger partial charge in [-0.3, -0.25) is 14.3 Å². The Kier molecular flexibility index (Phi) is 5.87. The standard InChI is InChI=1S/C22H30N4O2/c1-5-25(15-16-9-7-6-8-10-16)20(27)14-23-21(28)18-13-19(17-11-12-17)26(24-18)22(2,3)4/h6-10,13,17H,5,11-12,14-15H2,1-4H3,(H,23,28). The third-order valence-electron chi connectivity index (χ3n) is 4.95. The fourth-order valence-corrected chi connectivity index (χ4v) is 3.25. The van der Waals surface area contributed by atoms with Crippen molar-refractivity contribution in [1.29, 1.82) is 0 Å². The van der Waals surface area contributed by atoms with E-state index >= 15 is 0 Å². The molecule has 0 aliphatic heterocycles. The minimum absolute atomic E-state index is 0.0271. The zero-order valence-electron chi connectivity index (χ0n) is 17.2. The Bertz CT molecular complexity index is 832. The normalized spacial score (nSPS) is 14.0. The van der Waals surface area contributed by atoms with Crippen LogP contribution in [0.2, 0.25) is 0 Å². The van der Waals surface area contributed by atoms with E-state index in [0.29, 0.717) is 24.7 Å². The van der Waals surface area contributed by atoms with Gasteiger partial charge in [0.15, 0.2) is 0 Å². The van der Waals surface area contributed by atoms with Crippen LogP contribution in [0.1, 0.15) is 68.2 Å². The van der Waals surface area contributed by atoms with E-state index in [1.54, 1.807) is 4.90 Å². The molecule has 6 heteroatoms. The van der Waals surface area contributed by atoms with E-state index in [0.717, 1.165) is 24.1 Å². The summed E-state index contributed by atoms with van der Waals surface area (Å²) >= 11 is 0. The molecule has 0 radical (unpaired) electrons. The summed E-state index contributed by atoms with van der Waals surface area (Å²) in [6, 6.07) is 11.7. The monoisotopic (exact) mass is 382 g/mol. The number of hydrogen-bond donors (Lipinski definition) is 1. The van der Waals surface area contributed by atoms with E-state index in [4.69, 9.17) is 0 Å². The topological polar surface area (TPSA) is 67.2 Å². The van der Waals surface area contributed by atoms with E-state index in [-0.39, 0.29) is 23.9 Å². The average molecular weight is 383 g/mol. The molecule has 0 spiro atoms. The smallest absolute Gasteiger partial charge is 0.272 e. The Balaban J connectivity index is 1.62. The Labute approximate surface area is 166 Å².